The second-order valence-corrected chi connectivity index (χ2v) is 11.1. The molecule has 2 aromatic carbocycles. The molecule has 9 heteroatoms. The monoisotopic (exact) mass is 583 g/mol. The van der Waals surface area contributed by atoms with Crippen LogP contribution < -0.4 is 10.9 Å². The van der Waals surface area contributed by atoms with Crippen molar-refractivity contribution in [3.63, 3.8) is 0 Å². The first-order valence-corrected chi connectivity index (χ1v) is 15.3. The van der Waals surface area contributed by atoms with E-state index in [2.05, 4.69) is 66.5 Å². The summed E-state index contributed by atoms with van der Waals surface area (Å²) in [6.07, 6.45) is 8.61. The molecule has 0 saturated carbocycles. The number of nitrogens with one attached hydrogen (secondary N) is 1. The van der Waals surface area contributed by atoms with Crippen molar-refractivity contribution < 1.29 is 14.3 Å². The van der Waals surface area contributed by atoms with Crippen molar-refractivity contribution in [3.05, 3.63) is 93.7 Å². The second-order valence-electron chi connectivity index (χ2n) is 11.1. The predicted octanol–water partition coefficient (Wildman–Crippen LogP) is 6.34. The Labute approximate surface area is 252 Å². The van der Waals surface area contributed by atoms with E-state index in [4.69, 9.17) is 9.47 Å². The van der Waals surface area contributed by atoms with Crippen LogP contribution in [-0.2, 0) is 22.3 Å². The molecule has 43 heavy (non-hydrogen) atoms. The summed E-state index contributed by atoms with van der Waals surface area (Å²) in [5.74, 6) is 0.607. The number of carbonyl (C=O) groups is 1. The minimum atomic E-state index is -0.499. The number of allylic oxidation sites excluding steroid dienone is 1. The summed E-state index contributed by atoms with van der Waals surface area (Å²) < 4.78 is 14.4. The van der Waals surface area contributed by atoms with Gasteiger partial charge in [-0.1, -0.05) is 81.3 Å². The van der Waals surface area contributed by atoms with Crippen LogP contribution in [0.25, 0.3) is 22.6 Å². The van der Waals surface area contributed by atoms with Crippen molar-refractivity contribution in [2.45, 2.75) is 77.9 Å². The average Bonchev–Trinajstić information content (AvgIpc) is 3.50. The normalized spacial score (nSPS) is 17.3. The Morgan fingerprint density at radius 2 is 1.93 bits per heavy atom. The van der Waals surface area contributed by atoms with Crippen LogP contribution in [0.5, 0.6) is 0 Å². The van der Waals surface area contributed by atoms with Crippen molar-refractivity contribution in [3.8, 4) is 11.1 Å². The average molecular weight is 584 g/mol. The Morgan fingerprint density at radius 1 is 1.14 bits per heavy atom. The van der Waals surface area contributed by atoms with Gasteiger partial charge in [0.1, 0.15) is 6.33 Å². The molecule has 0 radical (unpaired) electrons. The van der Waals surface area contributed by atoms with E-state index in [1.54, 1.807) is 6.33 Å². The molecular formula is C34H41N5O4. The Bertz CT molecular complexity index is 1650. The molecule has 1 aliphatic rings. The molecule has 1 amide bonds. The first-order chi connectivity index (χ1) is 20.9. The molecular weight excluding hydrogens is 542 g/mol. The Kier molecular flexibility index (Phi) is 9.72. The molecule has 9 nitrogen and oxygen atoms in total. The lowest BCUT2D eigenvalue weighted by Crippen LogP contribution is -2.36. The number of unbranched alkanes of at least 4 members (excludes halogenated alkanes) is 1. The van der Waals surface area contributed by atoms with E-state index in [0.717, 1.165) is 77.7 Å². The fourth-order valence-corrected chi connectivity index (χ4v) is 5.94. The van der Waals surface area contributed by atoms with Gasteiger partial charge in [0.15, 0.2) is 0 Å². The van der Waals surface area contributed by atoms with Gasteiger partial charge >= 0.3 is 6.09 Å². The largest absolute Gasteiger partial charge is 0.453 e. The van der Waals surface area contributed by atoms with Gasteiger partial charge in [-0.2, -0.15) is 10.1 Å². The molecule has 0 spiro atoms. The molecule has 0 bridgehead atoms. The first kappa shape index (κ1) is 30.2. The van der Waals surface area contributed by atoms with Gasteiger partial charge < -0.3 is 9.47 Å². The number of hydrogen-bond acceptors (Lipinski definition) is 6. The van der Waals surface area contributed by atoms with Gasteiger partial charge in [-0.15, -0.1) is 0 Å². The van der Waals surface area contributed by atoms with Gasteiger partial charge in [0.2, 0.25) is 5.78 Å². The van der Waals surface area contributed by atoms with Crippen LogP contribution in [0.3, 0.4) is 0 Å². The molecule has 226 valence electrons. The number of methoxy groups -OCH3 is 1. The number of aryl methyl sites for hydroxylation is 1. The van der Waals surface area contributed by atoms with E-state index in [-0.39, 0.29) is 17.7 Å². The van der Waals surface area contributed by atoms with Gasteiger partial charge in [-0.25, -0.2) is 9.31 Å². The highest BCUT2D eigenvalue weighted by molar-refractivity contribution is 5.87. The lowest BCUT2D eigenvalue weighted by molar-refractivity contribution is 0.00578. The maximum atomic E-state index is 14.2. The summed E-state index contributed by atoms with van der Waals surface area (Å²) in [6.45, 7) is 6.89. The zero-order chi connectivity index (χ0) is 30.3. The number of aromatic nitrogens is 4. The maximum Gasteiger partial charge on any atom is 0.411 e. The van der Waals surface area contributed by atoms with Gasteiger partial charge in [0.25, 0.3) is 5.56 Å². The molecule has 3 heterocycles. The van der Waals surface area contributed by atoms with Gasteiger partial charge in [-0.05, 0) is 49.3 Å². The first-order valence-electron chi connectivity index (χ1n) is 15.3. The maximum absolute atomic E-state index is 14.2. The van der Waals surface area contributed by atoms with Gasteiger partial charge in [0, 0.05) is 35.9 Å². The SMILES string of the molecule is CCC/C=C(/NC(=O)OC)c1ccccc1-c1ccc(Cc2c(CCC)n3ncnc3n(C3CCOC(C)C3)c2=O)cc1. The van der Waals surface area contributed by atoms with E-state index in [0.29, 0.717) is 18.8 Å². The zero-order valence-electron chi connectivity index (χ0n) is 25.5. The minimum absolute atomic E-state index is 0.0112. The molecule has 2 atom stereocenters. The third kappa shape index (κ3) is 6.57. The van der Waals surface area contributed by atoms with Crippen molar-refractivity contribution in [1.29, 1.82) is 0 Å². The van der Waals surface area contributed by atoms with Gasteiger partial charge in [-0.3, -0.25) is 14.7 Å². The summed E-state index contributed by atoms with van der Waals surface area (Å²) in [4.78, 5) is 30.8. The van der Waals surface area contributed by atoms with Crippen molar-refractivity contribution >= 4 is 17.6 Å². The van der Waals surface area contributed by atoms with E-state index >= 15 is 0 Å². The Hall–Kier alpha value is -4.24. The molecule has 2 unspecified atom stereocenters. The van der Waals surface area contributed by atoms with Crippen molar-refractivity contribution in [1.82, 2.24) is 24.5 Å². The summed E-state index contributed by atoms with van der Waals surface area (Å²) in [7, 11) is 1.36. The molecule has 2 aromatic heterocycles. The topological polar surface area (TPSA) is 99.8 Å². The smallest absolute Gasteiger partial charge is 0.411 e. The minimum Gasteiger partial charge on any atom is -0.453 e. The highest BCUT2D eigenvalue weighted by atomic mass is 16.5. The van der Waals surface area contributed by atoms with Crippen LogP contribution in [0.15, 0.2) is 65.7 Å². The van der Waals surface area contributed by atoms with E-state index < -0.39 is 6.09 Å². The van der Waals surface area contributed by atoms with Crippen molar-refractivity contribution in [2.24, 2.45) is 0 Å². The van der Waals surface area contributed by atoms with Crippen LogP contribution >= 0.6 is 0 Å². The van der Waals surface area contributed by atoms with Crippen LogP contribution in [0, 0.1) is 0 Å². The third-order valence-electron chi connectivity index (χ3n) is 8.06. The fraction of sp³-hybridized carbons (Fsp3) is 0.412. The van der Waals surface area contributed by atoms with Gasteiger partial charge in [0.05, 0.1) is 18.9 Å². The molecule has 5 rings (SSSR count). The summed E-state index contributed by atoms with van der Waals surface area (Å²) in [5.41, 5.74) is 6.39. The standard InChI is InChI=1S/C34H41N5O4/c1-5-7-13-30(37-34(41)42-4)28-12-9-8-11-27(28)25-16-14-24(15-17-25)21-29-31(10-6-2)39-33(35-22-36-39)38(32(29)40)26-18-19-43-23(3)20-26/h8-9,11-17,22-23,26H,5-7,10,18-21H2,1-4H3,(H,37,41)/b30-13+. The highest BCUT2D eigenvalue weighted by Gasteiger charge is 2.27. The second kappa shape index (κ2) is 13.8. The highest BCUT2D eigenvalue weighted by Crippen LogP contribution is 2.30. The van der Waals surface area contributed by atoms with Crippen molar-refractivity contribution in [2.75, 3.05) is 13.7 Å². The Balaban J connectivity index is 1.51. The lowest BCUT2D eigenvalue weighted by Gasteiger charge is -2.29. The van der Waals surface area contributed by atoms with E-state index in [1.165, 1.54) is 7.11 Å². The molecule has 1 aliphatic heterocycles. The number of rotatable bonds is 10. The fourth-order valence-electron chi connectivity index (χ4n) is 5.94. The Morgan fingerprint density at radius 3 is 2.65 bits per heavy atom. The van der Waals surface area contributed by atoms with Crippen LogP contribution in [0.4, 0.5) is 4.79 Å². The lowest BCUT2D eigenvalue weighted by atomic mass is 9.94. The predicted molar refractivity (Wildman–Crippen MR) is 168 cm³/mol. The molecule has 1 fully saturated rings. The number of nitrogens with zero attached hydrogens (tertiary/aromatic N) is 4. The number of fused-ring (bicyclic) bond motifs is 1. The van der Waals surface area contributed by atoms with E-state index in [1.807, 2.05) is 33.4 Å². The summed E-state index contributed by atoms with van der Waals surface area (Å²) in [5, 5.41) is 7.44. The van der Waals surface area contributed by atoms with E-state index in [9.17, 15) is 9.59 Å². The number of hydrogen-bond donors (Lipinski definition) is 1. The number of ether oxygens (including phenoxy) is 2. The number of carbonyl (C=O) groups excluding carboxylic acids is 1. The number of alkyl carbamates (subject to hydrolysis) is 1. The van der Waals surface area contributed by atoms with Crippen LogP contribution in [0.2, 0.25) is 0 Å². The zero-order valence-corrected chi connectivity index (χ0v) is 25.5. The molecule has 1 saturated heterocycles. The number of amides is 1. The third-order valence-corrected chi connectivity index (χ3v) is 8.06. The molecule has 0 aliphatic carbocycles. The van der Waals surface area contributed by atoms with Crippen LogP contribution in [-0.4, -0.2) is 45.1 Å². The molecule has 1 N–H and O–H groups in total. The van der Waals surface area contributed by atoms with Crippen LogP contribution in [0.1, 0.15) is 81.3 Å². The number of benzene rings is 2. The summed E-state index contributed by atoms with van der Waals surface area (Å²) in [6, 6.07) is 16.3. The molecule has 4 aromatic rings. The summed E-state index contributed by atoms with van der Waals surface area (Å²) >= 11 is 0. The quantitative estimate of drug-likeness (QED) is 0.234.